The fourth-order valence-electron chi connectivity index (χ4n) is 6.97. The molecule has 3 atom stereocenters. The molecule has 0 radical (unpaired) electrons. The minimum absolute atomic E-state index is 0.0750. The number of carbonyl (C=O) groups is 3. The summed E-state index contributed by atoms with van der Waals surface area (Å²) in [6.45, 7) is 6.41. The number of urea groups is 1. The Morgan fingerprint density at radius 3 is 2.61 bits per heavy atom. The first-order valence-electron chi connectivity index (χ1n) is 16.5. The molecule has 6 heterocycles. The number of hydrogen-bond donors (Lipinski definition) is 2. The van der Waals surface area contributed by atoms with Crippen molar-refractivity contribution in [3.05, 3.63) is 83.4 Å². The van der Waals surface area contributed by atoms with Crippen molar-refractivity contribution < 1.29 is 28.6 Å². The molecule has 0 spiro atoms. The first-order valence-corrected chi connectivity index (χ1v) is 17.3. The van der Waals surface area contributed by atoms with E-state index in [1.54, 1.807) is 28.1 Å². The second-order valence-electron chi connectivity index (χ2n) is 12.6. The molecule has 0 unspecified atom stereocenters. The van der Waals surface area contributed by atoms with Crippen molar-refractivity contribution in [1.82, 2.24) is 20.1 Å². The molecule has 0 bridgehead atoms. The van der Waals surface area contributed by atoms with Crippen LogP contribution in [-0.4, -0.2) is 96.8 Å². The monoisotopic (exact) mass is 680 g/mol. The van der Waals surface area contributed by atoms with Gasteiger partial charge in [-0.05, 0) is 55.3 Å². The van der Waals surface area contributed by atoms with E-state index in [2.05, 4.69) is 20.5 Å². The Morgan fingerprint density at radius 2 is 1.84 bits per heavy atom. The summed E-state index contributed by atoms with van der Waals surface area (Å²) in [5.74, 6) is 1.01. The van der Waals surface area contributed by atoms with E-state index in [1.165, 1.54) is 11.3 Å². The van der Waals surface area contributed by atoms with Gasteiger partial charge in [0.25, 0.3) is 5.91 Å². The molecule has 4 aromatic rings. The first-order chi connectivity index (χ1) is 23.9. The van der Waals surface area contributed by atoms with Crippen LogP contribution in [0.5, 0.6) is 11.5 Å². The zero-order valence-electron chi connectivity index (χ0n) is 27.0. The van der Waals surface area contributed by atoms with E-state index in [0.717, 1.165) is 24.4 Å². The smallest absolute Gasteiger partial charge is 0.331 e. The maximum atomic E-state index is 13.7. The lowest BCUT2D eigenvalue weighted by molar-refractivity contribution is -0.125. The molecule has 252 valence electrons. The molecule has 12 nitrogen and oxygen atoms in total. The molecule has 3 fully saturated rings. The minimum atomic E-state index is -0.371. The lowest BCUT2D eigenvalue weighted by atomic mass is 10.1. The van der Waals surface area contributed by atoms with Crippen LogP contribution >= 0.6 is 11.3 Å². The number of carbonyl (C=O) groups excluding carboxylic acids is 3. The largest absolute Gasteiger partial charge is 0.457 e. The van der Waals surface area contributed by atoms with E-state index < -0.39 is 0 Å². The normalized spacial score (nSPS) is 22.1. The van der Waals surface area contributed by atoms with Crippen molar-refractivity contribution in [3.8, 4) is 11.5 Å². The highest BCUT2D eigenvalue weighted by atomic mass is 32.1. The van der Waals surface area contributed by atoms with Gasteiger partial charge in [-0.15, -0.1) is 11.3 Å². The van der Waals surface area contributed by atoms with Crippen LogP contribution < -0.4 is 20.3 Å². The van der Waals surface area contributed by atoms with E-state index in [0.29, 0.717) is 77.2 Å². The number of benzene rings is 2. The fraction of sp³-hybridized carbons (Fsp3) is 0.333. The van der Waals surface area contributed by atoms with Gasteiger partial charge in [-0.2, -0.15) is 0 Å². The Balaban J connectivity index is 0.931. The summed E-state index contributed by atoms with van der Waals surface area (Å²) in [5.41, 5.74) is 2.64. The van der Waals surface area contributed by atoms with E-state index in [4.69, 9.17) is 14.2 Å². The summed E-state index contributed by atoms with van der Waals surface area (Å²) < 4.78 is 17.5. The zero-order chi connectivity index (χ0) is 33.5. The number of nitrogens with one attached hydrogen (secondary N) is 2. The van der Waals surface area contributed by atoms with Crippen LogP contribution in [0.4, 0.5) is 21.9 Å². The Hall–Kier alpha value is -4.82. The number of hydrogen-bond acceptors (Lipinski definition) is 9. The van der Waals surface area contributed by atoms with Gasteiger partial charge in [0.15, 0.2) is 0 Å². The molecule has 4 amide bonds. The number of aryl methyl sites for hydroxylation is 1. The number of ether oxygens (including phenoxy) is 3. The number of anilines is 3. The van der Waals surface area contributed by atoms with Crippen molar-refractivity contribution in [2.24, 2.45) is 0 Å². The first kappa shape index (κ1) is 31.4. The fourth-order valence-corrected chi connectivity index (χ4v) is 8.00. The summed E-state index contributed by atoms with van der Waals surface area (Å²) in [6.07, 6.45) is 6.01. The average molecular weight is 681 g/mol. The van der Waals surface area contributed by atoms with Gasteiger partial charge >= 0.3 is 6.03 Å². The van der Waals surface area contributed by atoms with Crippen molar-refractivity contribution in [2.45, 2.75) is 31.6 Å². The van der Waals surface area contributed by atoms with Crippen molar-refractivity contribution in [2.75, 3.05) is 56.2 Å². The zero-order valence-corrected chi connectivity index (χ0v) is 27.8. The highest BCUT2D eigenvalue weighted by molar-refractivity contribution is 7.21. The second-order valence-corrected chi connectivity index (χ2v) is 13.6. The SMILES string of the molecule is Cc1cc(Oc2ccccc2)ccc1N1C(=O)Nc2c(C(=O)N[C@@H]3CCN(C(=O)/C=C/CN4C[C@@H]5OCCO[C@@H]5C4)C3)sc3nccc1c23. The van der Waals surface area contributed by atoms with Gasteiger partial charge < -0.3 is 29.7 Å². The summed E-state index contributed by atoms with van der Waals surface area (Å²) >= 11 is 1.24. The lowest BCUT2D eigenvalue weighted by Crippen LogP contribution is -2.39. The number of pyridine rings is 1. The summed E-state index contributed by atoms with van der Waals surface area (Å²) in [6, 6.07) is 16.3. The molecule has 49 heavy (non-hydrogen) atoms. The second kappa shape index (κ2) is 13.2. The minimum Gasteiger partial charge on any atom is -0.457 e. The van der Waals surface area contributed by atoms with Gasteiger partial charge in [-0.3, -0.25) is 19.4 Å². The van der Waals surface area contributed by atoms with Gasteiger partial charge in [0, 0.05) is 51.0 Å². The third-order valence-electron chi connectivity index (χ3n) is 9.34. The van der Waals surface area contributed by atoms with Crippen LogP contribution in [0, 0.1) is 6.92 Å². The molecular weight excluding hydrogens is 644 g/mol. The summed E-state index contributed by atoms with van der Waals surface area (Å²) in [4.78, 5) is 51.4. The Kier molecular flexibility index (Phi) is 8.50. The molecule has 4 aliphatic heterocycles. The van der Waals surface area contributed by atoms with Crippen LogP contribution in [0.25, 0.3) is 10.2 Å². The summed E-state index contributed by atoms with van der Waals surface area (Å²) in [7, 11) is 0. The van der Waals surface area contributed by atoms with Gasteiger partial charge in [0.05, 0.1) is 47.9 Å². The number of nitrogens with zero attached hydrogens (tertiary/aromatic N) is 4. The van der Waals surface area contributed by atoms with E-state index in [-0.39, 0.29) is 36.1 Å². The maximum absolute atomic E-state index is 13.7. The third-order valence-corrected chi connectivity index (χ3v) is 10.4. The molecule has 0 saturated carbocycles. The Bertz CT molecular complexity index is 1930. The van der Waals surface area contributed by atoms with Crippen LogP contribution in [-0.2, 0) is 14.3 Å². The average Bonchev–Trinajstić information content (AvgIpc) is 3.84. The molecule has 2 N–H and O–H groups in total. The molecule has 8 rings (SSSR count). The molecular formula is C36H36N6O6S. The van der Waals surface area contributed by atoms with Gasteiger partial charge in [0.2, 0.25) is 5.91 Å². The number of fused-ring (bicyclic) bond motifs is 1. The number of likely N-dealkylation sites (tertiary alicyclic amines) is 2. The Morgan fingerprint density at radius 1 is 1.04 bits per heavy atom. The van der Waals surface area contributed by atoms with Crippen LogP contribution in [0.2, 0.25) is 0 Å². The molecule has 0 aliphatic carbocycles. The van der Waals surface area contributed by atoms with Gasteiger partial charge in [-0.1, -0.05) is 24.3 Å². The Labute approximate surface area is 287 Å². The standard InChI is InChI=1S/C36H36N6O6S/c1-22-18-25(48-24-6-3-2-4-7-24)9-10-26(22)42-27-11-13-37-35-31(27)32(39-36(42)45)33(49-35)34(44)38-23-12-15-41(19-23)30(43)8-5-14-40-20-28-29(21-40)47-17-16-46-28/h2-11,13,18,23,28-29H,12,14-17,19-21H2,1H3,(H,38,44)(H,39,45)/b8-5+/t23-,28-,29+/m1/s1. The number of amides is 4. The predicted octanol–water partition coefficient (Wildman–Crippen LogP) is 5.07. The van der Waals surface area contributed by atoms with E-state index in [1.807, 2.05) is 61.5 Å². The third kappa shape index (κ3) is 6.26. The highest BCUT2D eigenvalue weighted by Crippen LogP contribution is 2.46. The number of thiophene rings is 1. The molecule has 2 aromatic carbocycles. The quantitative estimate of drug-likeness (QED) is 0.248. The van der Waals surface area contributed by atoms with E-state index >= 15 is 0 Å². The lowest BCUT2D eigenvalue weighted by Gasteiger charge is -2.29. The maximum Gasteiger partial charge on any atom is 0.331 e. The van der Waals surface area contributed by atoms with Crippen LogP contribution in [0.15, 0.2) is 72.9 Å². The highest BCUT2D eigenvalue weighted by Gasteiger charge is 2.37. The number of para-hydroxylation sites is 1. The number of aromatic nitrogens is 1. The number of rotatable bonds is 8. The van der Waals surface area contributed by atoms with Crippen molar-refractivity contribution in [1.29, 1.82) is 0 Å². The van der Waals surface area contributed by atoms with Crippen LogP contribution in [0.1, 0.15) is 21.7 Å². The molecule has 2 aromatic heterocycles. The summed E-state index contributed by atoms with van der Waals surface area (Å²) in [5, 5.41) is 6.78. The van der Waals surface area contributed by atoms with Gasteiger partial charge in [0.1, 0.15) is 21.2 Å². The van der Waals surface area contributed by atoms with E-state index in [9.17, 15) is 14.4 Å². The van der Waals surface area contributed by atoms with Crippen molar-refractivity contribution >= 4 is 56.5 Å². The predicted molar refractivity (Wildman–Crippen MR) is 186 cm³/mol. The topological polar surface area (TPSA) is 126 Å². The molecule has 3 saturated heterocycles. The molecule has 4 aliphatic rings. The van der Waals surface area contributed by atoms with Crippen LogP contribution in [0.3, 0.4) is 0 Å². The van der Waals surface area contributed by atoms with Gasteiger partial charge in [-0.25, -0.2) is 9.78 Å². The van der Waals surface area contributed by atoms with Crippen molar-refractivity contribution in [3.63, 3.8) is 0 Å². The molecule has 13 heteroatoms.